The molecule has 33 heavy (non-hydrogen) atoms. The normalized spacial score (nSPS) is 15.1. The Morgan fingerprint density at radius 3 is 2.73 bits per heavy atom. The molecule has 0 saturated carbocycles. The number of benzene rings is 1. The van der Waals surface area contributed by atoms with Crippen molar-refractivity contribution in [1.29, 1.82) is 0 Å². The zero-order chi connectivity index (χ0) is 23.4. The predicted octanol–water partition coefficient (Wildman–Crippen LogP) is 3.73. The molecule has 4 rings (SSSR count). The van der Waals surface area contributed by atoms with Crippen LogP contribution in [0.15, 0.2) is 41.4 Å². The smallest absolute Gasteiger partial charge is 0.234 e. The molecule has 0 unspecified atom stereocenters. The van der Waals surface area contributed by atoms with E-state index in [4.69, 9.17) is 16.6 Å². The number of thioether (sulfide) groups is 1. The molecule has 1 aliphatic heterocycles. The highest BCUT2D eigenvalue weighted by molar-refractivity contribution is 14.1. The van der Waals surface area contributed by atoms with Gasteiger partial charge in [0, 0.05) is 71.6 Å². The van der Waals surface area contributed by atoms with Crippen LogP contribution in [0.1, 0.15) is 0 Å². The molecule has 1 aliphatic rings. The van der Waals surface area contributed by atoms with E-state index in [1.54, 1.807) is 30.1 Å². The van der Waals surface area contributed by atoms with Crippen molar-refractivity contribution in [3.05, 3.63) is 41.7 Å². The Kier molecular flexibility index (Phi) is 7.99. The zero-order valence-electron chi connectivity index (χ0n) is 17.8. The van der Waals surface area contributed by atoms with Crippen LogP contribution >= 0.6 is 46.2 Å². The fraction of sp³-hybridized carbons (Fsp3) is 0.350. The maximum Gasteiger partial charge on any atom is 0.234 e. The molecule has 3 aromatic rings. The summed E-state index contributed by atoms with van der Waals surface area (Å²) < 4.78 is 30.1. The third-order valence-corrected chi connectivity index (χ3v) is 8.24. The van der Waals surface area contributed by atoms with Gasteiger partial charge in [0.15, 0.2) is 0 Å². The van der Waals surface area contributed by atoms with Crippen LogP contribution in [-0.2, 0) is 10.0 Å². The van der Waals surface area contributed by atoms with Crippen LogP contribution in [0.3, 0.4) is 0 Å². The van der Waals surface area contributed by atoms with Gasteiger partial charge in [-0.3, -0.25) is 4.72 Å². The molecule has 3 heterocycles. The number of fused-ring (bicyclic) bond motifs is 1. The van der Waals surface area contributed by atoms with E-state index in [2.05, 4.69) is 50.9 Å². The summed E-state index contributed by atoms with van der Waals surface area (Å²) in [5.41, 5.74) is 1.20. The number of aromatic nitrogens is 3. The first-order chi connectivity index (χ1) is 15.8. The lowest BCUT2D eigenvalue weighted by Crippen LogP contribution is -2.43. The third kappa shape index (κ3) is 6.50. The van der Waals surface area contributed by atoms with Gasteiger partial charge in [0.2, 0.25) is 16.0 Å². The molecule has 0 spiro atoms. The Morgan fingerprint density at radius 2 is 1.97 bits per heavy atom. The summed E-state index contributed by atoms with van der Waals surface area (Å²) in [5.74, 6) is 1.01. The maximum absolute atomic E-state index is 12.6. The molecule has 2 aromatic heterocycles. The molecule has 0 amide bonds. The Balaban J connectivity index is 1.50. The highest BCUT2D eigenvalue weighted by atomic mass is 127. The highest BCUT2D eigenvalue weighted by Crippen LogP contribution is 2.26. The van der Waals surface area contributed by atoms with Crippen LogP contribution in [0.5, 0.6) is 0 Å². The SMILES string of the molecule is CSc1cccc(NS(=O)(=O)CCNc2nc(N3CCN(I)CC3)nc3cnc(Cl)cc23)c1. The Hall–Kier alpha value is -1.61. The molecule has 1 fully saturated rings. The van der Waals surface area contributed by atoms with E-state index in [0.29, 0.717) is 33.5 Å². The molecular formula is C20H23ClIN7O2S2. The minimum atomic E-state index is -3.55. The van der Waals surface area contributed by atoms with Gasteiger partial charge in [0.05, 0.1) is 17.5 Å². The number of hydrogen-bond acceptors (Lipinski definition) is 9. The fourth-order valence-corrected chi connectivity index (χ4v) is 5.38. The molecule has 1 saturated heterocycles. The van der Waals surface area contributed by atoms with Gasteiger partial charge in [-0.25, -0.2) is 21.5 Å². The number of sulfonamides is 1. The number of pyridine rings is 1. The number of nitrogens with zero attached hydrogens (tertiary/aromatic N) is 5. The van der Waals surface area contributed by atoms with Gasteiger partial charge in [0.25, 0.3) is 0 Å². The maximum atomic E-state index is 12.6. The lowest BCUT2D eigenvalue weighted by atomic mass is 10.3. The van der Waals surface area contributed by atoms with Crippen LogP contribution < -0.4 is 14.9 Å². The summed E-state index contributed by atoms with van der Waals surface area (Å²) >= 11 is 9.97. The zero-order valence-corrected chi connectivity index (χ0v) is 22.4. The number of anilines is 3. The van der Waals surface area contributed by atoms with Crippen LogP contribution in [-0.4, -0.2) is 71.2 Å². The molecule has 0 bridgehead atoms. The Labute approximate surface area is 216 Å². The van der Waals surface area contributed by atoms with Crippen molar-refractivity contribution in [1.82, 2.24) is 18.1 Å². The van der Waals surface area contributed by atoms with Gasteiger partial charge < -0.3 is 10.2 Å². The Morgan fingerprint density at radius 1 is 1.18 bits per heavy atom. The molecule has 1 aromatic carbocycles. The van der Waals surface area contributed by atoms with E-state index in [0.717, 1.165) is 31.1 Å². The summed E-state index contributed by atoms with van der Waals surface area (Å²) in [4.78, 5) is 16.6. The number of nitrogens with one attached hydrogen (secondary N) is 2. The van der Waals surface area contributed by atoms with E-state index >= 15 is 0 Å². The second-order valence-electron chi connectivity index (χ2n) is 7.37. The van der Waals surface area contributed by atoms with Gasteiger partial charge in [0.1, 0.15) is 11.0 Å². The minimum absolute atomic E-state index is 0.121. The molecule has 0 radical (unpaired) electrons. The molecule has 176 valence electrons. The largest absolute Gasteiger partial charge is 0.368 e. The second kappa shape index (κ2) is 10.8. The van der Waals surface area contributed by atoms with Crippen molar-refractivity contribution in [3.8, 4) is 0 Å². The first-order valence-electron chi connectivity index (χ1n) is 10.2. The van der Waals surface area contributed by atoms with Crippen LogP contribution in [0.2, 0.25) is 5.15 Å². The van der Waals surface area contributed by atoms with E-state index in [1.807, 2.05) is 24.5 Å². The number of hydrogen-bond donors (Lipinski definition) is 2. The summed E-state index contributed by atoms with van der Waals surface area (Å²) in [5, 5.41) is 4.19. The van der Waals surface area contributed by atoms with Gasteiger partial charge in [-0.15, -0.1) is 11.8 Å². The summed E-state index contributed by atoms with van der Waals surface area (Å²) in [6, 6.07) is 8.99. The molecular weight excluding hydrogens is 597 g/mol. The first-order valence-corrected chi connectivity index (χ1v) is 14.4. The summed E-state index contributed by atoms with van der Waals surface area (Å²) in [7, 11) is -3.55. The van der Waals surface area contributed by atoms with E-state index in [1.165, 1.54) is 0 Å². The number of piperazine rings is 1. The van der Waals surface area contributed by atoms with Gasteiger partial charge in [-0.1, -0.05) is 17.7 Å². The molecule has 13 heteroatoms. The lowest BCUT2D eigenvalue weighted by molar-refractivity contribution is 0.456. The molecule has 0 aliphatic carbocycles. The third-order valence-electron chi connectivity index (χ3n) is 5.05. The van der Waals surface area contributed by atoms with Crippen molar-refractivity contribution in [2.24, 2.45) is 0 Å². The van der Waals surface area contributed by atoms with Crippen molar-refractivity contribution < 1.29 is 8.42 Å². The van der Waals surface area contributed by atoms with E-state index in [-0.39, 0.29) is 12.3 Å². The van der Waals surface area contributed by atoms with Crippen LogP contribution in [0, 0.1) is 0 Å². The average molecular weight is 620 g/mol. The van der Waals surface area contributed by atoms with E-state index < -0.39 is 10.0 Å². The van der Waals surface area contributed by atoms with Crippen LogP contribution in [0.4, 0.5) is 17.5 Å². The average Bonchev–Trinajstić information content (AvgIpc) is 2.79. The number of rotatable bonds is 8. The fourth-order valence-electron chi connectivity index (χ4n) is 3.37. The lowest BCUT2D eigenvalue weighted by Gasteiger charge is -2.31. The van der Waals surface area contributed by atoms with Crippen molar-refractivity contribution >= 4 is 84.6 Å². The van der Waals surface area contributed by atoms with Crippen molar-refractivity contribution in [3.63, 3.8) is 0 Å². The van der Waals surface area contributed by atoms with Crippen LogP contribution in [0.25, 0.3) is 10.9 Å². The quantitative estimate of drug-likeness (QED) is 0.169. The first kappa shape index (κ1) is 24.5. The van der Waals surface area contributed by atoms with Gasteiger partial charge >= 0.3 is 0 Å². The standard InChI is InChI=1S/C20H23ClIN7O2S2/c1-32-15-4-2-3-14(11-15)27-33(30,31)10-5-23-19-16-12-18(21)24-13-17(16)25-20(26-19)28-6-8-29(22)9-7-28/h2-4,11-13,27H,5-10H2,1H3,(H,23,25,26). The van der Waals surface area contributed by atoms with Gasteiger partial charge in [-0.2, -0.15) is 4.98 Å². The number of halogens is 2. The van der Waals surface area contributed by atoms with Gasteiger partial charge in [-0.05, 0) is 30.5 Å². The second-order valence-corrected chi connectivity index (χ2v) is 11.8. The predicted molar refractivity (Wildman–Crippen MR) is 144 cm³/mol. The summed E-state index contributed by atoms with van der Waals surface area (Å²) in [6.45, 7) is 3.60. The molecule has 9 nitrogen and oxygen atoms in total. The van der Waals surface area contributed by atoms with Crippen molar-refractivity contribution in [2.45, 2.75) is 4.90 Å². The minimum Gasteiger partial charge on any atom is -0.368 e. The molecule has 0 atom stereocenters. The molecule has 2 N–H and O–H groups in total. The topological polar surface area (TPSA) is 103 Å². The van der Waals surface area contributed by atoms with Crippen molar-refractivity contribution in [2.75, 3.05) is 59.7 Å². The monoisotopic (exact) mass is 619 g/mol. The summed E-state index contributed by atoms with van der Waals surface area (Å²) in [6.07, 6.45) is 3.56. The highest BCUT2D eigenvalue weighted by Gasteiger charge is 2.20. The van der Waals surface area contributed by atoms with E-state index in [9.17, 15) is 8.42 Å². The Bertz CT molecular complexity index is 1240.